The number of rotatable bonds is 5. The van der Waals surface area contributed by atoms with Crippen LogP contribution in [0.25, 0.3) is 6.08 Å². The van der Waals surface area contributed by atoms with Gasteiger partial charge >= 0.3 is 5.97 Å². The third kappa shape index (κ3) is 3.45. The lowest BCUT2D eigenvalue weighted by Crippen LogP contribution is -2.34. The smallest absolute Gasteiger partial charge is 0.329 e. The molecule has 7 heteroatoms. The second-order valence-corrected chi connectivity index (χ2v) is 5.02. The zero-order valence-electron chi connectivity index (χ0n) is 13.4. The largest absolute Gasteiger partial charge is 0.502 e. The summed E-state index contributed by atoms with van der Waals surface area (Å²) in [5.74, 6) is -3.39. The van der Waals surface area contributed by atoms with Gasteiger partial charge in [0.15, 0.2) is 29.0 Å². The van der Waals surface area contributed by atoms with E-state index in [1.54, 1.807) is 0 Å². The molecule has 0 aromatic heterocycles. The van der Waals surface area contributed by atoms with E-state index in [0.717, 1.165) is 12.2 Å². The Morgan fingerprint density at radius 3 is 2.29 bits per heavy atom. The standard InChI is InChI=1S/C17H16O7/c1-9-6-12(19)15(17(21)24-9)11(18)5-4-10-7-13(22-2)16(20)14(8-10)23-3/h4-8,15,20H,1-3H3/b5-4+. The maximum Gasteiger partial charge on any atom is 0.329 e. The Bertz CT molecular complexity index is 733. The van der Waals surface area contributed by atoms with Gasteiger partial charge in [-0.2, -0.15) is 0 Å². The lowest BCUT2D eigenvalue weighted by atomic mass is 9.96. The molecular weight excluding hydrogens is 316 g/mol. The van der Waals surface area contributed by atoms with Crippen molar-refractivity contribution in [2.45, 2.75) is 6.92 Å². The van der Waals surface area contributed by atoms with E-state index in [4.69, 9.17) is 14.2 Å². The van der Waals surface area contributed by atoms with Gasteiger partial charge in [0.25, 0.3) is 0 Å². The predicted molar refractivity (Wildman–Crippen MR) is 83.6 cm³/mol. The van der Waals surface area contributed by atoms with Gasteiger partial charge in [0, 0.05) is 6.08 Å². The van der Waals surface area contributed by atoms with E-state index >= 15 is 0 Å². The average molecular weight is 332 g/mol. The molecule has 0 fully saturated rings. The molecule has 0 spiro atoms. The minimum atomic E-state index is -1.49. The van der Waals surface area contributed by atoms with Crippen molar-refractivity contribution in [3.63, 3.8) is 0 Å². The van der Waals surface area contributed by atoms with Crippen LogP contribution in [0.1, 0.15) is 12.5 Å². The lowest BCUT2D eigenvalue weighted by molar-refractivity contribution is -0.151. The number of ether oxygens (including phenoxy) is 3. The molecule has 0 bridgehead atoms. The minimum Gasteiger partial charge on any atom is -0.502 e. The Kier molecular flexibility index (Phi) is 5.03. The summed E-state index contributed by atoms with van der Waals surface area (Å²) in [6.45, 7) is 1.46. The first-order chi connectivity index (χ1) is 11.4. The molecule has 0 saturated carbocycles. The Labute approximate surface area is 138 Å². The number of cyclic esters (lactones) is 1. The second-order valence-electron chi connectivity index (χ2n) is 5.02. The molecule has 2 rings (SSSR count). The molecule has 0 radical (unpaired) electrons. The summed E-state index contributed by atoms with van der Waals surface area (Å²) >= 11 is 0. The Morgan fingerprint density at radius 1 is 1.21 bits per heavy atom. The fourth-order valence-corrected chi connectivity index (χ4v) is 2.19. The molecule has 24 heavy (non-hydrogen) atoms. The third-order valence-corrected chi connectivity index (χ3v) is 3.35. The molecule has 1 atom stereocenters. The number of aromatic hydroxyl groups is 1. The average Bonchev–Trinajstić information content (AvgIpc) is 2.52. The van der Waals surface area contributed by atoms with Crippen molar-refractivity contribution in [1.82, 2.24) is 0 Å². The number of phenols is 1. The van der Waals surface area contributed by atoms with Crippen LogP contribution >= 0.6 is 0 Å². The number of benzene rings is 1. The van der Waals surface area contributed by atoms with E-state index in [2.05, 4.69) is 0 Å². The van der Waals surface area contributed by atoms with Gasteiger partial charge < -0.3 is 19.3 Å². The lowest BCUT2D eigenvalue weighted by Gasteiger charge is -2.15. The van der Waals surface area contributed by atoms with Crippen molar-refractivity contribution in [2.75, 3.05) is 14.2 Å². The predicted octanol–water partition coefficient (Wildman–Crippen LogP) is 1.64. The van der Waals surface area contributed by atoms with Crippen LogP contribution in [0.5, 0.6) is 17.2 Å². The van der Waals surface area contributed by atoms with Gasteiger partial charge in [-0.3, -0.25) is 14.4 Å². The summed E-state index contributed by atoms with van der Waals surface area (Å²) in [6, 6.07) is 2.96. The van der Waals surface area contributed by atoms with Crippen LogP contribution < -0.4 is 9.47 Å². The third-order valence-electron chi connectivity index (χ3n) is 3.35. The van der Waals surface area contributed by atoms with Crippen LogP contribution in [-0.2, 0) is 19.1 Å². The molecule has 0 aliphatic carbocycles. The maximum atomic E-state index is 12.1. The van der Waals surface area contributed by atoms with Crippen molar-refractivity contribution in [3.8, 4) is 17.2 Å². The summed E-state index contributed by atoms with van der Waals surface area (Å²) in [7, 11) is 2.75. The molecule has 1 N–H and O–H groups in total. The van der Waals surface area contributed by atoms with Crippen molar-refractivity contribution in [2.24, 2.45) is 5.92 Å². The summed E-state index contributed by atoms with van der Waals surface area (Å²) < 4.78 is 14.8. The first-order valence-corrected chi connectivity index (χ1v) is 6.98. The molecular formula is C17H16O7. The Hall–Kier alpha value is -3.09. The van der Waals surface area contributed by atoms with E-state index in [-0.39, 0.29) is 23.0 Å². The number of carbonyl (C=O) groups is 3. The van der Waals surface area contributed by atoms with Crippen molar-refractivity contribution in [3.05, 3.63) is 35.6 Å². The fraction of sp³-hybridized carbons (Fsp3) is 0.235. The highest BCUT2D eigenvalue weighted by Crippen LogP contribution is 2.37. The van der Waals surface area contributed by atoms with E-state index in [1.807, 2.05) is 0 Å². The molecule has 1 heterocycles. The summed E-state index contributed by atoms with van der Waals surface area (Å²) in [5, 5.41) is 9.84. The van der Waals surface area contributed by atoms with E-state index < -0.39 is 23.5 Å². The highest BCUT2D eigenvalue weighted by molar-refractivity contribution is 6.25. The fourth-order valence-electron chi connectivity index (χ4n) is 2.19. The van der Waals surface area contributed by atoms with Gasteiger partial charge in [0.2, 0.25) is 5.75 Å². The zero-order valence-corrected chi connectivity index (χ0v) is 13.4. The molecule has 0 saturated heterocycles. The number of allylic oxidation sites excluding steroid dienone is 3. The molecule has 1 aromatic rings. The van der Waals surface area contributed by atoms with Gasteiger partial charge in [-0.15, -0.1) is 0 Å². The first-order valence-electron chi connectivity index (χ1n) is 6.98. The summed E-state index contributed by atoms with van der Waals surface area (Å²) in [6.07, 6.45) is 3.60. The number of methoxy groups -OCH3 is 2. The van der Waals surface area contributed by atoms with Gasteiger partial charge in [-0.1, -0.05) is 6.08 Å². The summed E-state index contributed by atoms with van der Waals surface area (Å²) in [5.41, 5.74) is 0.484. The van der Waals surface area contributed by atoms with Gasteiger partial charge in [-0.25, -0.2) is 0 Å². The second kappa shape index (κ2) is 6.99. The number of esters is 1. The van der Waals surface area contributed by atoms with Crippen LogP contribution in [0.4, 0.5) is 0 Å². The van der Waals surface area contributed by atoms with Crippen molar-refractivity contribution >= 4 is 23.6 Å². The number of carbonyl (C=O) groups excluding carboxylic acids is 3. The number of hydrogen-bond donors (Lipinski definition) is 1. The topological polar surface area (TPSA) is 99.1 Å². The van der Waals surface area contributed by atoms with Crippen LogP contribution in [0.15, 0.2) is 30.0 Å². The van der Waals surface area contributed by atoms with Gasteiger partial charge in [-0.05, 0) is 30.7 Å². The van der Waals surface area contributed by atoms with Crippen LogP contribution in [-0.4, -0.2) is 36.9 Å². The van der Waals surface area contributed by atoms with Crippen LogP contribution in [0.3, 0.4) is 0 Å². The minimum absolute atomic E-state index is 0.158. The molecule has 1 aliphatic heterocycles. The monoisotopic (exact) mass is 332 g/mol. The Balaban J connectivity index is 2.26. The van der Waals surface area contributed by atoms with Gasteiger partial charge in [0.05, 0.1) is 14.2 Å². The molecule has 7 nitrogen and oxygen atoms in total. The van der Waals surface area contributed by atoms with E-state index in [9.17, 15) is 19.5 Å². The van der Waals surface area contributed by atoms with Gasteiger partial charge in [0.1, 0.15) is 5.76 Å². The van der Waals surface area contributed by atoms with Crippen molar-refractivity contribution in [1.29, 1.82) is 0 Å². The first kappa shape index (κ1) is 17.3. The van der Waals surface area contributed by atoms with E-state index in [0.29, 0.717) is 5.56 Å². The zero-order chi connectivity index (χ0) is 17.9. The van der Waals surface area contributed by atoms with E-state index in [1.165, 1.54) is 39.4 Å². The maximum absolute atomic E-state index is 12.1. The molecule has 126 valence electrons. The van der Waals surface area contributed by atoms with Crippen LogP contribution in [0.2, 0.25) is 0 Å². The van der Waals surface area contributed by atoms with Crippen molar-refractivity contribution < 1.29 is 33.7 Å². The number of phenolic OH excluding ortho intramolecular Hbond substituents is 1. The highest BCUT2D eigenvalue weighted by Gasteiger charge is 2.36. The normalized spacial score (nSPS) is 17.5. The number of hydrogen-bond acceptors (Lipinski definition) is 7. The quantitative estimate of drug-likeness (QED) is 0.497. The SMILES string of the molecule is COc1cc(/C=C/C(=O)C2C(=O)C=C(C)OC2=O)cc(OC)c1O. The Morgan fingerprint density at radius 2 is 1.79 bits per heavy atom. The molecule has 0 amide bonds. The highest BCUT2D eigenvalue weighted by atomic mass is 16.5. The molecule has 1 aromatic carbocycles. The number of ketones is 2. The molecule has 1 aliphatic rings. The molecule has 1 unspecified atom stereocenters. The van der Waals surface area contributed by atoms with Crippen LogP contribution in [0, 0.1) is 5.92 Å². The summed E-state index contributed by atoms with van der Waals surface area (Å²) in [4.78, 5) is 35.6.